The van der Waals surface area contributed by atoms with E-state index in [1.54, 1.807) is 36.4 Å². The SMILES string of the molecule is CCOc1ccccc1NC(=O)C(=O)Nc1cccc(N(C)C)c1. The van der Waals surface area contributed by atoms with E-state index in [1.165, 1.54) is 0 Å². The molecule has 2 aromatic rings. The Kier molecular flexibility index (Phi) is 5.78. The number of amides is 2. The van der Waals surface area contributed by atoms with E-state index in [2.05, 4.69) is 10.6 Å². The maximum absolute atomic E-state index is 12.1. The minimum atomic E-state index is -0.752. The highest BCUT2D eigenvalue weighted by Crippen LogP contribution is 2.23. The molecule has 0 atom stereocenters. The summed E-state index contributed by atoms with van der Waals surface area (Å²) >= 11 is 0. The smallest absolute Gasteiger partial charge is 0.314 e. The molecule has 2 aromatic carbocycles. The third kappa shape index (κ3) is 4.49. The maximum Gasteiger partial charge on any atom is 0.314 e. The van der Waals surface area contributed by atoms with Gasteiger partial charge >= 0.3 is 11.8 Å². The maximum atomic E-state index is 12.1. The van der Waals surface area contributed by atoms with Gasteiger partial charge in [-0.15, -0.1) is 0 Å². The molecule has 0 aliphatic heterocycles. The predicted octanol–water partition coefficient (Wildman–Crippen LogP) is 2.73. The van der Waals surface area contributed by atoms with E-state index in [9.17, 15) is 9.59 Å². The van der Waals surface area contributed by atoms with Gasteiger partial charge in [0.25, 0.3) is 0 Å². The van der Waals surface area contributed by atoms with Gasteiger partial charge < -0.3 is 20.3 Å². The Morgan fingerprint density at radius 1 is 1.00 bits per heavy atom. The molecule has 0 fully saturated rings. The van der Waals surface area contributed by atoms with Crippen molar-refractivity contribution in [1.29, 1.82) is 0 Å². The van der Waals surface area contributed by atoms with Gasteiger partial charge in [-0.2, -0.15) is 0 Å². The van der Waals surface area contributed by atoms with Gasteiger partial charge in [-0.25, -0.2) is 0 Å². The van der Waals surface area contributed by atoms with Crippen LogP contribution >= 0.6 is 0 Å². The van der Waals surface area contributed by atoms with Crippen molar-refractivity contribution in [2.75, 3.05) is 36.2 Å². The highest BCUT2D eigenvalue weighted by Gasteiger charge is 2.16. The fraction of sp³-hybridized carbons (Fsp3) is 0.222. The number of carbonyl (C=O) groups excluding carboxylic acids is 2. The Morgan fingerprint density at radius 3 is 2.42 bits per heavy atom. The van der Waals surface area contributed by atoms with Crippen LogP contribution in [-0.4, -0.2) is 32.5 Å². The first-order valence-corrected chi connectivity index (χ1v) is 7.62. The summed E-state index contributed by atoms with van der Waals surface area (Å²) in [4.78, 5) is 26.1. The molecule has 0 aromatic heterocycles. The van der Waals surface area contributed by atoms with Crippen LogP contribution in [0.2, 0.25) is 0 Å². The van der Waals surface area contributed by atoms with Crippen molar-refractivity contribution in [1.82, 2.24) is 0 Å². The molecule has 126 valence electrons. The minimum absolute atomic E-state index is 0.460. The van der Waals surface area contributed by atoms with Crippen molar-refractivity contribution >= 4 is 28.9 Å². The molecule has 6 heteroatoms. The summed E-state index contributed by atoms with van der Waals surface area (Å²) in [7, 11) is 3.80. The van der Waals surface area contributed by atoms with Gasteiger partial charge in [-0.1, -0.05) is 18.2 Å². The number of carbonyl (C=O) groups is 2. The third-order valence-corrected chi connectivity index (χ3v) is 3.26. The zero-order valence-corrected chi connectivity index (χ0v) is 14.0. The Morgan fingerprint density at radius 2 is 1.71 bits per heavy atom. The lowest BCUT2D eigenvalue weighted by molar-refractivity contribution is -0.133. The number of nitrogens with zero attached hydrogens (tertiary/aromatic N) is 1. The lowest BCUT2D eigenvalue weighted by Crippen LogP contribution is -2.29. The van der Waals surface area contributed by atoms with E-state index in [0.29, 0.717) is 23.7 Å². The number of benzene rings is 2. The lowest BCUT2D eigenvalue weighted by atomic mass is 10.2. The van der Waals surface area contributed by atoms with Gasteiger partial charge in [0.05, 0.1) is 12.3 Å². The van der Waals surface area contributed by atoms with Crippen molar-refractivity contribution in [3.8, 4) is 5.75 Å². The summed E-state index contributed by atoms with van der Waals surface area (Å²) in [5.41, 5.74) is 1.94. The van der Waals surface area contributed by atoms with Crippen LogP contribution in [0.3, 0.4) is 0 Å². The normalized spacial score (nSPS) is 9.96. The molecule has 0 aliphatic carbocycles. The summed E-state index contributed by atoms with van der Waals surface area (Å²) in [6.45, 7) is 2.32. The second-order valence-corrected chi connectivity index (χ2v) is 5.28. The van der Waals surface area contributed by atoms with Crippen molar-refractivity contribution < 1.29 is 14.3 Å². The molecule has 24 heavy (non-hydrogen) atoms. The second kappa shape index (κ2) is 8.01. The quantitative estimate of drug-likeness (QED) is 0.829. The first kappa shape index (κ1) is 17.3. The van der Waals surface area contributed by atoms with Crippen molar-refractivity contribution in [2.24, 2.45) is 0 Å². The second-order valence-electron chi connectivity index (χ2n) is 5.28. The average molecular weight is 327 g/mol. The summed E-state index contributed by atoms with van der Waals surface area (Å²) in [6, 6.07) is 14.2. The van der Waals surface area contributed by atoms with E-state index in [1.807, 2.05) is 38.1 Å². The molecule has 0 heterocycles. The van der Waals surface area contributed by atoms with Crippen LogP contribution in [-0.2, 0) is 9.59 Å². The number of rotatable bonds is 5. The van der Waals surface area contributed by atoms with E-state index in [0.717, 1.165) is 5.69 Å². The van der Waals surface area contributed by atoms with Gasteiger partial charge in [-0.3, -0.25) is 9.59 Å². The van der Waals surface area contributed by atoms with Crippen LogP contribution in [0.15, 0.2) is 48.5 Å². The molecule has 0 spiro atoms. The van der Waals surface area contributed by atoms with E-state index in [-0.39, 0.29) is 0 Å². The van der Waals surface area contributed by atoms with E-state index in [4.69, 9.17) is 4.74 Å². The fourth-order valence-corrected chi connectivity index (χ4v) is 2.08. The molecule has 2 N–H and O–H groups in total. The number of anilines is 3. The molecule has 6 nitrogen and oxygen atoms in total. The molecule has 2 amide bonds. The molecule has 0 aliphatic rings. The number of para-hydroxylation sites is 2. The molecule has 0 bridgehead atoms. The van der Waals surface area contributed by atoms with Gasteiger partial charge in [0.2, 0.25) is 0 Å². The first-order chi connectivity index (χ1) is 11.5. The standard InChI is InChI=1S/C18H21N3O3/c1-4-24-16-11-6-5-10-15(16)20-18(23)17(22)19-13-8-7-9-14(12-13)21(2)3/h5-12H,4H2,1-3H3,(H,19,22)(H,20,23). The molecule has 0 saturated heterocycles. The Hall–Kier alpha value is -3.02. The molecule has 0 saturated carbocycles. The van der Waals surface area contributed by atoms with Crippen LogP contribution < -0.4 is 20.3 Å². The topological polar surface area (TPSA) is 70.7 Å². The molecular weight excluding hydrogens is 306 g/mol. The Labute approximate surface area is 141 Å². The van der Waals surface area contributed by atoms with Crippen LogP contribution in [0.1, 0.15) is 6.92 Å². The summed E-state index contributed by atoms with van der Waals surface area (Å²) < 4.78 is 5.43. The summed E-state index contributed by atoms with van der Waals surface area (Å²) in [5, 5.41) is 5.16. The Balaban J connectivity index is 2.05. The van der Waals surface area contributed by atoms with Crippen LogP contribution in [0.25, 0.3) is 0 Å². The average Bonchev–Trinajstić information content (AvgIpc) is 2.57. The monoisotopic (exact) mass is 327 g/mol. The number of hydrogen-bond acceptors (Lipinski definition) is 4. The van der Waals surface area contributed by atoms with Gasteiger partial charge in [0.15, 0.2) is 0 Å². The lowest BCUT2D eigenvalue weighted by Gasteiger charge is -2.14. The molecule has 2 rings (SSSR count). The van der Waals surface area contributed by atoms with Crippen molar-refractivity contribution in [3.05, 3.63) is 48.5 Å². The summed E-state index contributed by atoms with van der Waals surface area (Å²) in [6.07, 6.45) is 0. The minimum Gasteiger partial charge on any atom is -0.492 e. The largest absolute Gasteiger partial charge is 0.492 e. The highest BCUT2D eigenvalue weighted by atomic mass is 16.5. The third-order valence-electron chi connectivity index (χ3n) is 3.26. The van der Waals surface area contributed by atoms with E-state index >= 15 is 0 Å². The van der Waals surface area contributed by atoms with Gasteiger partial charge in [0.1, 0.15) is 5.75 Å². The predicted molar refractivity (Wildman–Crippen MR) is 95.6 cm³/mol. The van der Waals surface area contributed by atoms with Gasteiger partial charge in [-0.05, 0) is 37.3 Å². The van der Waals surface area contributed by atoms with Gasteiger partial charge in [0, 0.05) is 25.5 Å². The fourth-order valence-electron chi connectivity index (χ4n) is 2.08. The molecule has 0 unspecified atom stereocenters. The zero-order chi connectivity index (χ0) is 17.5. The first-order valence-electron chi connectivity index (χ1n) is 7.62. The van der Waals surface area contributed by atoms with Crippen LogP contribution in [0, 0.1) is 0 Å². The Bertz CT molecular complexity index is 729. The van der Waals surface area contributed by atoms with Crippen molar-refractivity contribution in [2.45, 2.75) is 6.92 Å². The van der Waals surface area contributed by atoms with Crippen LogP contribution in [0.5, 0.6) is 5.75 Å². The summed E-state index contributed by atoms with van der Waals surface area (Å²) in [5.74, 6) is -0.967. The highest BCUT2D eigenvalue weighted by molar-refractivity contribution is 6.43. The molecular formula is C18H21N3O3. The van der Waals surface area contributed by atoms with Crippen molar-refractivity contribution in [3.63, 3.8) is 0 Å². The zero-order valence-electron chi connectivity index (χ0n) is 14.0. The molecule has 0 radical (unpaired) electrons. The number of nitrogens with one attached hydrogen (secondary N) is 2. The number of ether oxygens (including phenoxy) is 1. The van der Waals surface area contributed by atoms with E-state index < -0.39 is 11.8 Å². The number of hydrogen-bond donors (Lipinski definition) is 2. The van der Waals surface area contributed by atoms with Crippen LogP contribution in [0.4, 0.5) is 17.1 Å².